The second-order valence-corrected chi connectivity index (χ2v) is 5.21. The standard InChI is InChI=1S/C13H15FN4O2/c1-13(2,12(19)20)8-18-11(15-16-17-18)7-9-5-3-4-6-10(9)14/h3-6H,7-8H2,1-2H3,(H,19,20). The third-order valence-corrected chi connectivity index (χ3v) is 3.04. The summed E-state index contributed by atoms with van der Waals surface area (Å²) in [7, 11) is 0. The van der Waals surface area contributed by atoms with Gasteiger partial charge in [0.2, 0.25) is 0 Å². The molecule has 2 rings (SSSR count). The summed E-state index contributed by atoms with van der Waals surface area (Å²) in [6, 6.07) is 6.35. The maximum Gasteiger partial charge on any atom is 0.310 e. The number of rotatable bonds is 5. The molecule has 0 unspecified atom stereocenters. The molecule has 6 nitrogen and oxygen atoms in total. The molecule has 0 fully saturated rings. The topological polar surface area (TPSA) is 80.9 Å². The van der Waals surface area contributed by atoms with Crippen molar-refractivity contribution >= 4 is 5.97 Å². The van der Waals surface area contributed by atoms with Gasteiger partial charge >= 0.3 is 5.97 Å². The molecule has 0 amide bonds. The zero-order valence-electron chi connectivity index (χ0n) is 11.2. The summed E-state index contributed by atoms with van der Waals surface area (Å²) in [6.07, 6.45) is 0.218. The van der Waals surface area contributed by atoms with Gasteiger partial charge in [-0.2, -0.15) is 0 Å². The van der Waals surface area contributed by atoms with Crippen LogP contribution in [0.5, 0.6) is 0 Å². The van der Waals surface area contributed by atoms with Crippen LogP contribution in [-0.4, -0.2) is 31.3 Å². The molecule has 1 aromatic heterocycles. The normalized spacial score (nSPS) is 11.6. The highest BCUT2D eigenvalue weighted by atomic mass is 19.1. The van der Waals surface area contributed by atoms with E-state index in [1.54, 1.807) is 32.0 Å². The molecule has 0 bridgehead atoms. The van der Waals surface area contributed by atoms with Gasteiger partial charge in [-0.3, -0.25) is 4.79 Å². The minimum absolute atomic E-state index is 0.124. The van der Waals surface area contributed by atoms with Crippen molar-refractivity contribution in [1.29, 1.82) is 0 Å². The zero-order chi connectivity index (χ0) is 14.8. The van der Waals surface area contributed by atoms with E-state index in [0.717, 1.165) is 0 Å². The molecule has 0 saturated heterocycles. The Hall–Kier alpha value is -2.31. The summed E-state index contributed by atoms with van der Waals surface area (Å²) in [4.78, 5) is 11.1. The molecule has 2 aromatic rings. The highest BCUT2D eigenvalue weighted by Crippen LogP contribution is 2.19. The molecular weight excluding hydrogens is 263 g/mol. The lowest BCUT2D eigenvalue weighted by Gasteiger charge is -2.19. The predicted octanol–water partition coefficient (Wildman–Crippen LogP) is 1.51. The SMILES string of the molecule is CC(C)(Cn1nnnc1Cc1ccccc1F)C(=O)O. The lowest BCUT2D eigenvalue weighted by Crippen LogP contribution is -2.30. The molecule has 1 heterocycles. The van der Waals surface area contributed by atoms with Crippen molar-refractivity contribution < 1.29 is 14.3 Å². The van der Waals surface area contributed by atoms with E-state index in [-0.39, 0.29) is 18.8 Å². The maximum absolute atomic E-state index is 13.6. The number of carbonyl (C=O) groups is 1. The summed E-state index contributed by atoms with van der Waals surface area (Å²) < 4.78 is 15.0. The first-order chi connectivity index (χ1) is 9.40. The monoisotopic (exact) mass is 278 g/mol. The van der Waals surface area contributed by atoms with Gasteiger partial charge in [-0.05, 0) is 35.9 Å². The van der Waals surface area contributed by atoms with Crippen LogP contribution in [0.25, 0.3) is 0 Å². The Labute approximate surface area is 115 Å². The minimum Gasteiger partial charge on any atom is -0.481 e. The van der Waals surface area contributed by atoms with E-state index in [2.05, 4.69) is 15.5 Å². The van der Waals surface area contributed by atoms with Gasteiger partial charge in [-0.25, -0.2) is 9.07 Å². The second-order valence-electron chi connectivity index (χ2n) is 5.21. The molecule has 0 radical (unpaired) electrons. The summed E-state index contributed by atoms with van der Waals surface area (Å²) in [5.74, 6) is -0.839. The van der Waals surface area contributed by atoms with Crippen LogP contribution in [-0.2, 0) is 17.8 Å². The van der Waals surface area contributed by atoms with Crippen molar-refractivity contribution in [2.75, 3.05) is 0 Å². The highest BCUT2D eigenvalue weighted by Gasteiger charge is 2.29. The average molecular weight is 278 g/mol. The molecular formula is C13H15FN4O2. The number of benzene rings is 1. The van der Waals surface area contributed by atoms with Crippen molar-refractivity contribution in [3.8, 4) is 0 Å². The first-order valence-corrected chi connectivity index (χ1v) is 6.12. The van der Waals surface area contributed by atoms with Crippen LogP contribution in [0.2, 0.25) is 0 Å². The molecule has 0 aliphatic heterocycles. The molecule has 0 aliphatic carbocycles. The third kappa shape index (κ3) is 2.98. The van der Waals surface area contributed by atoms with Crippen LogP contribution < -0.4 is 0 Å². The summed E-state index contributed by atoms with van der Waals surface area (Å²) >= 11 is 0. The first kappa shape index (κ1) is 14.1. The number of hydrogen-bond acceptors (Lipinski definition) is 4. The Kier molecular flexibility index (Phi) is 3.78. The van der Waals surface area contributed by atoms with E-state index in [0.29, 0.717) is 11.4 Å². The van der Waals surface area contributed by atoms with Crippen LogP contribution in [0.4, 0.5) is 4.39 Å². The van der Waals surface area contributed by atoms with Crippen LogP contribution in [0, 0.1) is 11.2 Å². The van der Waals surface area contributed by atoms with Crippen LogP contribution in [0.3, 0.4) is 0 Å². The number of aromatic nitrogens is 4. The average Bonchev–Trinajstić information content (AvgIpc) is 2.79. The molecule has 0 spiro atoms. The van der Waals surface area contributed by atoms with Gasteiger partial charge in [0, 0.05) is 6.42 Å². The molecule has 106 valence electrons. The van der Waals surface area contributed by atoms with Gasteiger partial charge < -0.3 is 5.11 Å². The predicted molar refractivity (Wildman–Crippen MR) is 68.4 cm³/mol. The molecule has 1 aromatic carbocycles. The number of hydrogen-bond donors (Lipinski definition) is 1. The van der Waals surface area contributed by atoms with E-state index in [9.17, 15) is 9.18 Å². The Morgan fingerprint density at radius 1 is 1.40 bits per heavy atom. The van der Waals surface area contributed by atoms with E-state index in [1.807, 2.05) is 0 Å². The Morgan fingerprint density at radius 2 is 2.10 bits per heavy atom. The van der Waals surface area contributed by atoms with Crippen molar-refractivity contribution in [2.24, 2.45) is 5.41 Å². The second kappa shape index (κ2) is 5.36. The molecule has 0 aliphatic rings. The van der Waals surface area contributed by atoms with E-state index >= 15 is 0 Å². The lowest BCUT2D eigenvalue weighted by molar-refractivity contribution is -0.147. The summed E-state index contributed by atoms with van der Waals surface area (Å²) in [5, 5.41) is 20.3. The van der Waals surface area contributed by atoms with Crippen molar-refractivity contribution in [1.82, 2.24) is 20.2 Å². The fraction of sp³-hybridized carbons (Fsp3) is 0.385. The van der Waals surface area contributed by atoms with Crippen molar-refractivity contribution in [2.45, 2.75) is 26.8 Å². The van der Waals surface area contributed by atoms with Gasteiger partial charge in [0.05, 0.1) is 12.0 Å². The van der Waals surface area contributed by atoms with Gasteiger partial charge in [0.15, 0.2) is 5.82 Å². The van der Waals surface area contributed by atoms with E-state index < -0.39 is 11.4 Å². The van der Waals surface area contributed by atoms with E-state index in [4.69, 9.17) is 5.11 Å². The van der Waals surface area contributed by atoms with Gasteiger partial charge in [0.1, 0.15) is 5.82 Å². The van der Waals surface area contributed by atoms with E-state index in [1.165, 1.54) is 10.7 Å². The third-order valence-electron chi connectivity index (χ3n) is 3.04. The van der Waals surface area contributed by atoms with Crippen molar-refractivity contribution in [3.63, 3.8) is 0 Å². The molecule has 7 heteroatoms. The largest absolute Gasteiger partial charge is 0.481 e. The molecule has 0 atom stereocenters. The Balaban J connectivity index is 2.22. The molecule has 1 N–H and O–H groups in total. The number of halogens is 1. The van der Waals surface area contributed by atoms with Crippen LogP contribution >= 0.6 is 0 Å². The zero-order valence-corrected chi connectivity index (χ0v) is 11.2. The fourth-order valence-electron chi connectivity index (χ4n) is 1.73. The number of carboxylic acids is 1. The fourth-order valence-corrected chi connectivity index (χ4v) is 1.73. The van der Waals surface area contributed by atoms with Crippen molar-refractivity contribution in [3.05, 3.63) is 41.5 Å². The summed E-state index contributed by atoms with van der Waals surface area (Å²) in [5.41, 5.74) is -0.531. The number of tetrazole rings is 1. The van der Waals surface area contributed by atoms with Gasteiger partial charge in [-0.1, -0.05) is 18.2 Å². The quantitative estimate of drug-likeness (QED) is 0.896. The molecule has 20 heavy (non-hydrogen) atoms. The van der Waals surface area contributed by atoms with Crippen LogP contribution in [0.1, 0.15) is 25.2 Å². The van der Waals surface area contributed by atoms with Crippen LogP contribution in [0.15, 0.2) is 24.3 Å². The van der Waals surface area contributed by atoms with Gasteiger partial charge in [0.25, 0.3) is 0 Å². The van der Waals surface area contributed by atoms with Gasteiger partial charge in [-0.15, -0.1) is 5.10 Å². The Bertz CT molecular complexity index is 624. The number of nitrogens with zero attached hydrogens (tertiary/aromatic N) is 4. The Morgan fingerprint density at radius 3 is 2.75 bits per heavy atom. The lowest BCUT2D eigenvalue weighted by atomic mass is 9.94. The maximum atomic E-state index is 13.6. The number of aliphatic carboxylic acids is 1. The number of carboxylic acid groups (broad SMARTS) is 1. The minimum atomic E-state index is -1.00. The summed E-state index contributed by atoms with van der Waals surface area (Å²) in [6.45, 7) is 3.30. The molecule has 0 saturated carbocycles. The smallest absolute Gasteiger partial charge is 0.310 e. The first-order valence-electron chi connectivity index (χ1n) is 6.12. The highest BCUT2D eigenvalue weighted by molar-refractivity contribution is 5.73.